The van der Waals surface area contributed by atoms with Gasteiger partial charge in [-0.05, 0) is 23.8 Å². The van der Waals surface area contributed by atoms with Gasteiger partial charge >= 0.3 is 6.18 Å². The van der Waals surface area contributed by atoms with Crippen LogP contribution in [-0.4, -0.2) is 17.1 Å². The van der Waals surface area contributed by atoms with E-state index in [1.807, 2.05) is 0 Å². The van der Waals surface area contributed by atoms with Gasteiger partial charge in [-0.1, -0.05) is 30.0 Å². The monoisotopic (exact) mass is 338 g/mol. The van der Waals surface area contributed by atoms with Gasteiger partial charge in [-0.25, -0.2) is 4.98 Å². The number of halogens is 3. The van der Waals surface area contributed by atoms with Gasteiger partial charge in [0, 0.05) is 11.8 Å². The van der Waals surface area contributed by atoms with Gasteiger partial charge in [-0.15, -0.1) is 0 Å². The Kier molecular flexibility index (Phi) is 4.21. The van der Waals surface area contributed by atoms with Crippen LogP contribution >= 0.6 is 11.8 Å². The number of nitrogens with one attached hydrogen (secondary N) is 1. The van der Waals surface area contributed by atoms with Crippen LogP contribution in [0, 0.1) is 0 Å². The first-order valence-corrected chi connectivity index (χ1v) is 7.77. The number of aromatic nitrogens is 2. The Balaban J connectivity index is 1.81. The van der Waals surface area contributed by atoms with E-state index >= 15 is 0 Å². The van der Waals surface area contributed by atoms with Crippen LogP contribution in [0.15, 0.2) is 47.6 Å². The minimum atomic E-state index is -4.35. The third-order valence-electron chi connectivity index (χ3n) is 3.35. The van der Waals surface area contributed by atoms with Gasteiger partial charge in [-0.2, -0.15) is 13.2 Å². The summed E-state index contributed by atoms with van der Waals surface area (Å²) >= 11 is 1.24. The molecule has 3 nitrogen and oxygen atoms in total. The smallest absolute Gasteiger partial charge is 0.416 e. The molecular weight excluding hydrogens is 325 g/mol. The predicted octanol–water partition coefficient (Wildman–Crippen LogP) is 4.88. The number of thioether (sulfide) groups is 1. The van der Waals surface area contributed by atoms with Gasteiger partial charge < -0.3 is 9.72 Å². The lowest BCUT2D eigenvalue weighted by Crippen LogP contribution is -2.08. The Morgan fingerprint density at radius 2 is 1.96 bits per heavy atom. The van der Waals surface area contributed by atoms with E-state index in [4.69, 9.17) is 4.74 Å². The number of rotatable bonds is 4. The second kappa shape index (κ2) is 6.16. The van der Waals surface area contributed by atoms with Gasteiger partial charge in [0.05, 0.1) is 23.7 Å². The van der Waals surface area contributed by atoms with E-state index in [9.17, 15) is 13.2 Å². The number of hydrogen-bond donors (Lipinski definition) is 1. The number of methoxy groups -OCH3 is 1. The summed E-state index contributed by atoms with van der Waals surface area (Å²) in [6.07, 6.45) is -4.35. The first-order valence-electron chi connectivity index (χ1n) is 6.79. The fourth-order valence-corrected chi connectivity index (χ4v) is 3.12. The maximum atomic E-state index is 13.0. The molecule has 7 heteroatoms. The summed E-state index contributed by atoms with van der Waals surface area (Å²) in [6, 6.07) is 11.0. The van der Waals surface area contributed by atoms with Gasteiger partial charge in [0.25, 0.3) is 0 Å². The zero-order valence-electron chi connectivity index (χ0n) is 12.1. The lowest BCUT2D eigenvalue weighted by Gasteiger charge is -2.11. The molecule has 0 amide bonds. The molecule has 0 aliphatic heterocycles. The van der Waals surface area contributed by atoms with Crippen LogP contribution in [0.4, 0.5) is 13.2 Å². The standard InChI is InChI=1S/C16H13F3N2OS/c1-22-11-6-7-13-14(8-11)21-15(20-13)23-9-10-4-2-3-5-12(10)16(17,18)19/h2-8H,9H2,1H3,(H,20,21). The van der Waals surface area contributed by atoms with Gasteiger partial charge in [0.1, 0.15) is 5.75 Å². The maximum Gasteiger partial charge on any atom is 0.416 e. The zero-order chi connectivity index (χ0) is 16.4. The maximum absolute atomic E-state index is 13.0. The lowest BCUT2D eigenvalue weighted by atomic mass is 10.1. The van der Waals surface area contributed by atoms with Crippen molar-refractivity contribution in [3.63, 3.8) is 0 Å². The van der Waals surface area contributed by atoms with E-state index in [1.54, 1.807) is 31.4 Å². The topological polar surface area (TPSA) is 37.9 Å². The first-order chi connectivity index (χ1) is 11.0. The molecule has 0 bridgehead atoms. The summed E-state index contributed by atoms with van der Waals surface area (Å²) in [7, 11) is 1.57. The highest BCUT2D eigenvalue weighted by atomic mass is 32.2. The van der Waals surface area contributed by atoms with Crippen molar-refractivity contribution >= 4 is 22.8 Å². The Labute approximate surface area is 134 Å². The molecule has 23 heavy (non-hydrogen) atoms. The molecule has 0 saturated heterocycles. The summed E-state index contributed by atoms with van der Waals surface area (Å²) < 4.78 is 44.1. The zero-order valence-corrected chi connectivity index (χ0v) is 13.0. The second-order valence-electron chi connectivity index (χ2n) is 4.87. The highest BCUT2D eigenvalue weighted by Gasteiger charge is 2.32. The molecule has 0 atom stereocenters. The molecule has 0 radical (unpaired) electrons. The van der Waals surface area contributed by atoms with Crippen molar-refractivity contribution in [2.75, 3.05) is 7.11 Å². The minimum Gasteiger partial charge on any atom is -0.497 e. The molecule has 1 heterocycles. The number of aromatic amines is 1. The Morgan fingerprint density at radius 1 is 1.17 bits per heavy atom. The minimum absolute atomic E-state index is 0.187. The third kappa shape index (κ3) is 3.44. The molecule has 1 aromatic heterocycles. The average molecular weight is 338 g/mol. The molecule has 0 fully saturated rings. The van der Waals surface area contributed by atoms with E-state index in [-0.39, 0.29) is 11.3 Å². The number of hydrogen-bond acceptors (Lipinski definition) is 3. The molecule has 120 valence electrons. The van der Waals surface area contributed by atoms with Crippen LogP contribution in [0.2, 0.25) is 0 Å². The average Bonchev–Trinajstić information content (AvgIpc) is 2.94. The number of benzene rings is 2. The van der Waals surface area contributed by atoms with Gasteiger partial charge in [0.2, 0.25) is 0 Å². The SMILES string of the molecule is COc1ccc2nc(SCc3ccccc3C(F)(F)F)[nH]c2c1. The molecule has 0 saturated carbocycles. The van der Waals surface area contributed by atoms with Crippen LogP contribution in [0.3, 0.4) is 0 Å². The predicted molar refractivity (Wildman–Crippen MR) is 83.7 cm³/mol. The highest BCUT2D eigenvalue weighted by Crippen LogP contribution is 2.34. The number of fused-ring (bicyclic) bond motifs is 1. The molecule has 0 aliphatic rings. The molecule has 0 aliphatic carbocycles. The van der Waals surface area contributed by atoms with E-state index in [0.29, 0.717) is 10.9 Å². The van der Waals surface area contributed by atoms with Crippen LogP contribution in [0.5, 0.6) is 5.75 Å². The van der Waals surface area contributed by atoms with Crippen molar-refractivity contribution in [2.24, 2.45) is 0 Å². The number of alkyl halides is 3. The Bertz CT molecular complexity index is 830. The van der Waals surface area contributed by atoms with E-state index < -0.39 is 11.7 Å². The highest BCUT2D eigenvalue weighted by molar-refractivity contribution is 7.98. The van der Waals surface area contributed by atoms with Crippen molar-refractivity contribution in [1.82, 2.24) is 9.97 Å². The van der Waals surface area contributed by atoms with Crippen molar-refractivity contribution in [1.29, 1.82) is 0 Å². The molecule has 3 rings (SSSR count). The molecule has 1 N–H and O–H groups in total. The van der Waals surface area contributed by atoms with E-state index in [1.165, 1.54) is 23.9 Å². The normalized spacial score (nSPS) is 11.8. The van der Waals surface area contributed by atoms with Crippen LogP contribution in [0.25, 0.3) is 11.0 Å². The summed E-state index contributed by atoms with van der Waals surface area (Å²) in [5.74, 6) is 0.882. The Hall–Kier alpha value is -2.15. The van der Waals surface area contributed by atoms with Gasteiger partial charge in [0.15, 0.2) is 5.16 Å². The number of imidazole rings is 1. The van der Waals surface area contributed by atoms with Crippen LogP contribution < -0.4 is 4.74 Å². The van der Waals surface area contributed by atoms with E-state index in [2.05, 4.69) is 9.97 Å². The largest absolute Gasteiger partial charge is 0.497 e. The second-order valence-corrected chi connectivity index (χ2v) is 5.83. The number of ether oxygens (including phenoxy) is 1. The van der Waals surface area contributed by atoms with E-state index in [0.717, 1.165) is 17.1 Å². The number of nitrogens with zero attached hydrogens (tertiary/aromatic N) is 1. The lowest BCUT2D eigenvalue weighted by molar-refractivity contribution is -0.138. The number of H-pyrrole nitrogens is 1. The quantitative estimate of drug-likeness (QED) is 0.689. The van der Waals surface area contributed by atoms with Crippen molar-refractivity contribution < 1.29 is 17.9 Å². The third-order valence-corrected chi connectivity index (χ3v) is 4.28. The summed E-state index contributed by atoms with van der Waals surface area (Å²) in [4.78, 5) is 7.45. The summed E-state index contributed by atoms with van der Waals surface area (Å²) in [6.45, 7) is 0. The fraction of sp³-hybridized carbons (Fsp3) is 0.188. The summed E-state index contributed by atoms with van der Waals surface area (Å²) in [5, 5.41) is 0.574. The molecule has 0 spiro atoms. The van der Waals surface area contributed by atoms with Crippen LogP contribution in [-0.2, 0) is 11.9 Å². The molecule has 2 aromatic carbocycles. The summed E-state index contributed by atoms with van der Waals surface area (Å²) in [5.41, 5.74) is 1.17. The fourth-order valence-electron chi connectivity index (χ4n) is 2.23. The Morgan fingerprint density at radius 3 is 2.70 bits per heavy atom. The van der Waals surface area contributed by atoms with Gasteiger partial charge in [-0.3, -0.25) is 0 Å². The van der Waals surface area contributed by atoms with Crippen molar-refractivity contribution in [3.05, 3.63) is 53.6 Å². The molecule has 0 unspecified atom stereocenters. The molecule has 3 aromatic rings. The van der Waals surface area contributed by atoms with Crippen LogP contribution in [0.1, 0.15) is 11.1 Å². The van der Waals surface area contributed by atoms with Crippen molar-refractivity contribution in [3.8, 4) is 5.75 Å². The van der Waals surface area contributed by atoms with Crippen molar-refractivity contribution in [2.45, 2.75) is 17.1 Å². The molecular formula is C16H13F3N2OS. The first kappa shape index (κ1) is 15.7.